The molecule has 2 rings (SSSR count). The maximum Gasteiger partial charge on any atom is 0.0705 e. The first-order valence-electron chi connectivity index (χ1n) is 7.69. The molecule has 2 nitrogen and oxygen atoms in total. The number of aromatic nitrogens is 1. The fourth-order valence-corrected chi connectivity index (χ4v) is 2.23. The highest BCUT2D eigenvalue weighted by atomic mass is 14.9. The zero-order chi connectivity index (χ0) is 15.5. The third kappa shape index (κ3) is 4.68. The van der Waals surface area contributed by atoms with Crippen LogP contribution in [0, 0.1) is 6.92 Å². The molecule has 2 aromatic rings. The van der Waals surface area contributed by atoms with Crippen LogP contribution in [-0.2, 0) is 0 Å². The molecule has 0 unspecified atom stereocenters. The van der Waals surface area contributed by atoms with E-state index >= 15 is 0 Å². The fourth-order valence-electron chi connectivity index (χ4n) is 2.23. The second-order valence-corrected chi connectivity index (χ2v) is 6.66. The van der Waals surface area contributed by atoms with Gasteiger partial charge >= 0.3 is 0 Å². The van der Waals surface area contributed by atoms with Gasteiger partial charge in [0.05, 0.1) is 5.52 Å². The SMILES string of the molecule is CC/C(=C/c1ccc2nc(C)ccc2c1)CNC(C)(C)C. The van der Waals surface area contributed by atoms with Crippen molar-refractivity contribution in [2.45, 2.75) is 46.6 Å². The van der Waals surface area contributed by atoms with Crippen molar-refractivity contribution >= 4 is 17.0 Å². The Morgan fingerprint density at radius 1 is 1.19 bits per heavy atom. The van der Waals surface area contributed by atoms with Crippen LogP contribution < -0.4 is 5.32 Å². The van der Waals surface area contributed by atoms with E-state index in [1.807, 2.05) is 6.92 Å². The monoisotopic (exact) mass is 282 g/mol. The van der Waals surface area contributed by atoms with E-state index in [-0.39, 0.29) is 5.54 Å². The van der Waals surface area contributed by atoms with E-state index in [1.165, 1.54) is 16.5 Å². The van der Waals surface area contributed by atoms with Crippen LogP contribution in [0.4, 0.5) is 0 Å². The van der Waals surface area contributed by atoms with Gasteiger partial charge in [0.15, 0.2) is 0 Å². The summed E-state index contributed by atoms with van der Waals surface area (Å²) in [6, 6.07) is 10.7. The summed E-state index contributed by atoms with van der Waals surface area (Å²) in [6.07, 6.45) is 3.35. The molecule has 1 aromatic carbocycles. The van der Waals surface area contributed by atoms with Gasteiger partial charge in [0.1, 0.15) is 0 Å². The van der Waals surface area contributed by atoms with Crippen molar-refractivity contribution in [1.29, 1.82) is 0 Å². The van der Waals surface area contributed by atoms with E-state index in [0.717, 1.165) is 24.2 Å². The van der Waals surface area contributed by atoms with Gasteiger partial charge in [-0.05, 0) is 57.9 Å². The summed E-state index contributed by atoms with van der Waals surface area (Å²) < 4.78 is 0. The molecule has 0 aliphatic carbocycles. The number of rotatable bonds is 4. The number of hydrogen-bond acceptors (Lipinski definition) is 2. The normalized spacial score (nSPS) is 12.9. The first-order chi connectivity index (χ1) is 9.87. The first kappa shape index (κ1) is 15.7. The number of nitrogens with zero attached hydrogens (tertiary/aromatic N) is 1. The fraction of sp³-hybridized carbons (Fsp3) is 0.421. The largest absolute Gasteiger partial charge is 0.308 e. The van der Waals surface area contributed by atoms with Crippen LogP contribution in [0.15, 0.2) is 35.9 Å². The third-order valence-corrected chi connectivity index (χ3v) is 3.52. The molecule has 0 atom stereocenters. The lowest BCUT2D eigenvalue weighted by Crippen LogP contribution is -2.36. The Morgan fingerprint density at radius 2 is 1.95 bits per heavy atom. The van der Waals surface area contributed by atoms with Crippen molar-refractivity contribution in [3.05, 3.63) is 47.2 Å². The van der Waals surface area contributed by atoms with Crippen LogP contribution >= 0.6 is 0 Å². The van der Waals surface area contributed by atoms with Crippen molar-refractivity contribution in [2.75, 3.05) is 6.54 Å². The molecule has 1 aromatic heterocycles. The topological polar surface area (TPSA) is 24.9 Å². The molecule has 112 valence electrons. The Morgan fingerprint density at radius 3 is 2.62 bits per heavy atom. The Hall–Kier alpha value is -1.67. The van der Waals surface area contributed by atoms with Crippen molar-refractivity contribution in [3.63, 3.8) is 0 Å². The smallest absolute Gasteiger partial charge is 0.0705 e. The molecule has 0 saturated heterocycles. The molecule has 0 bridgehead atoms. The summed E-state index contributed by atoms with van der Waals surface area (Å²) in [5.41, 5.74) is 4.96. The van der Waals surface area contributed by atoms with E-state index in [1.54, 1.807) is 0 Å². The van der Waals surface area contributed by atoms with E-state index < -0.39 is 0 Å². The molecule has 0 radical (unpaired) electrons. The molecule has 1 heterocycles. The quantitative estimate of drug-likeness (QED) is 0.877. The Labute approximate surface area is 128 Å². The van der Waals surface area contributed by atoms with Crippen molar-refractivity contribution in [3.8, 4) is 0 Å². The van der Waals surface area contributed by atoms with Crippen molar-refractivity contribution in [1.82, 2.24) is 10.3 Å². The predicted molar refractivity (Wildman–Crippen MR) is 92.5 cm³/mol. The van der Waals surface area contributed by atoms with E-state index in [2.05, 4.69) is 74.4 Å². The van der Waals surface area contributed by atoms with Crippen LogP contribution in [0.5, 0.6) is 0 Å². The summed E-state index contributed by atoms with van der Waals surface area (Å²) in [7, 11) is 0. The van der Waals surface area contributed by atoms with Crippen molar-refractivity contribution in [2.24, 2.45) is 0 Å². The van der Waals surface area contributed by atoms with Gasteiger partial charge in [-0.1, -0.05) is 30.7 Å². The summed E-state index contributed by atoms with van der Waals surface area (Å²) in [5.74, 6) is 0. The van der Waals surface area contributed by atoms with Crippen LogP contribution in [0.3, 0.4) is 0 Å². The molecule has 0 aliphatic rings. The molecule has 1 N–H and O–H groups in total. The highest BCUT2D eigenvalue weighted by molar-refractivity contribution is 5.81. The number of benzene rings is 1. The van der Waals surface area contributed by atoms with Crippen LogP contribution in [-0.4, -0.2) is 17.1 Å². The van der Waals surface area contributed by atoms with Gasteiger partial charge in [-0.2, -0.15) is 0 Å². The number of nitrogens with one attached hydrogen (secondary N) is 1. The maximum atomic E-state index is 4.55. The molecular weight excluding hydrogens is 256 g/mol. The average Bonchev–Trinajstić information content (AvgIpc) is 2.42. The van der Waals surface area contributed by atoms with Crippen LogP contribution in [0.25, 0.3) is 17.0 Å². The summed E-state index contributed by atoms with van der Waals surface area (Å²) >= 11 is 0. The third-order valence-electron chi connectivity index (χ3n) is 3.52. The van der Waals surface area contributed by atoms with E-state index in [9.17, 15) is 0 Å². The van der Waals surface area contributed by atoms with Gasteiger partial charge in [-0.25, -0.2) is 0 Å². The number of aryl methyl sites for hydroxylation is 1. The number of hydrogen-bond donors (Lipinski definition) is 1. The Bertz CT molecular complexity index is 648. The number of pyridine rings is 1. The van der Waals surface area contributed by atoms with Gasteiger partial charge in [-0.3, -0.25) is 4.98 Å². The number of fused-ring (bicyclic) bond motifs is 1. The van der Waals surface area contributed by atoms with Crippen LogP contribution in [0.1, 0.15) is 45.4 Å². The van der Waals surface area contributed by atoms with Crippen molar-refractivity contribution < 1.29 is 0 Å². The lowest BCUT2D eigenvalue weighted by molar-refractivity contribution is 0.443. The highest BCUT2D eigenvalue weighted by Crippen LogP contribution is 2.18. The molecule has 2 heteroatoms. The molecule has 0 amide bonds. The second-order valence-electron chi connectivity index (χ2n) is 6.66. The van der Waals surface area contributed by atoms with Gasteiger partial charge in [0.2, 0.25) is 0 Å². The zero-order valence-electron chi connectivity index (χ0n) is 13.8. The molecule has 21 heavy (non-hydrogen) atoms. The highest BCUT2D eigenvalue weighted by Gasteiger charge is 2.08. The molecule has 0 saturated carbocycles. The first-order valence-corrected chi connectivity index (χ1v) is 7.69. The Balaban J connectivity index is 2.23. The lowest BCUT2D eigenvalue weighted by atomic mass is 10.0. The summed E-state index contributed by atoms with van der Waals surface area (Å²) in [5, 5.41) is 4.76. The second kappa shape index (κ2) is 6.40. The minimum Gasteiger partial charge on any atom is -0.308 e. The average molecular weight is 282 g/mol. The molecule has 0 spiro atoms. The standard InChI is InChI=1S/C19H26N2/c1-6-15(13-20-19(3,4)5)11-16-8-10-18-17(12-16)9-7-14(2)21-18/h7-12,20H,6,13H2,1-5H3/b15-11-. The van der Waals surface area contributed by atoms with Gasteiger partial charge in [0.25, 0.3) is 0 Å². The van der Waals surface area contributed by atoms with Gasteiger partial charge in [-0.15, -0.1) is 0 Å². The van der Waals surface area contributed by atoms with E-state index in [4.69, 9.17) is 0 Å². The van der Waals surface area contributed by atoms with Gasteiger partial charge in [0, 0.05) is 23.2 Å². The lowest BCUT2D eigenvalue weighted by Gasteiger charge is -2.21. The van der Waals surface area contributed by atoms with E-state index in [0.29, 0.717) is 0 Å². The van der Waals surface area contributed by atoms with Crippen LogP contribution in [0.2, 0.25) is 0 Å². The predicted octanol–water partition coefficient (Wildman–Crippen LogP) is 4.72. The zero-order valence-corrected chi connectivity index (χ0v) is 13.8. The Kier molecular flexibility index (Phi) is 4.79. The maximum absolute atomic E-state index is 4.55. The minimum absolute atomic E-state index is 0.152. The molecular formula is C19H26N2. The molecule has 0 fully saturated rings. The van der Waals surface area contributed by atoms with Gasteiger partial charge < -0.3 is 5.32 Å². The minimum atomic E-state index is 0.152. The summed E-state index contributed by atoms with van der Waals surface area (Å²) in [6.45, 7) is 11.8. The molecule has 0 aliphatic heterocycles. The summed E-state index contributed by atoms with van der Waals surface area (Å²) in [4.78, 5) is 4.55.